The highest BCUT2D eigenvalue weighted by molar-refractivity contribution is 5.99. The summed E-state index contributed by atoms with van der Waals surface area (Å²) in [5.41, 5.74) is 0.866. The van der Waals surface area contributed by atoms with Gasteiger partial charge in [0.05, 0.1) is 18.9 Å². The number of nitrogens with zero attached hydrogens (tertiary/aromatic N) is 1. The third kappa shape index (κ3) is 6.28. The van der Waals surface area contributed by atoms with Gasteiger partial charge in [0.15, 0.2) is 0 Å². The number of aryl methyl sites for hydroxylation is 1. The maximum atomic E-state index is 11.6. The minimum atomic E-state index is -1.12. The van der Waals surface area contributed by atoms with Gasteiger partial charge in [-0.15, -0.1) is 0 Å². The van der Waals surface area contributed by atoms with Crippen molar-refractivity contribution < 1.29 is 19.4 Å². The van der Waals surface area contributed by atoms with E-state index in [9.17, 15) is 9.59 Å². The summed E-state index contributed by atoms with van der Waals surface area (Å²) < 4.78 is 5.33. The number of hydrogen-bond donors (Lipinski definition) is 4. The summed E-state index contributed by atoms with van der Waals surface area (Å²) in [5.74, 6) is -1.12. The zero-order valence-electron chi connectivity index (χ0n) is 12.5. The minimum absolute atomic E-state index is 0.0371. The summed E-state index contributed by atoms with van der Waals surface area (Å²) in [7, 11) is 3.90. The number of carboxylic acid groups (broad SMARTS) is 1. The summed E-state index contributed by atoms with van der Waals surface area (Å²) >= 11 is 0. The van der Waals surface area contributed by atoms with Crippen LogP contribution in [0.15, 0.2) is 6.07 Å². The van der Waals surface area contributed by atoms with Crippen molar-refractivity contribution >= 4 is 17.7 Å². The molecule has 0 bridgehead atoms. The first kappa shape index (κ1) is 17.0. The second-order valence-corrected chi connectivity index (χ2v) is 4.84. The molecule has 0 unspecified atom stereocenters. The molecule has 8 heteroatoms. The van der Waals surface area contributed by atoms with Crippen LogP contribution in [-0.4, -0.2) is 67.4 Å². The Kier molecular flexibility index (Phi) is 6.70. The van der Waals surface area contributed by atoms with Crippen LogP contribution in [-0.2, 0) is 4.74 Å². The van der Waals surface area contributed by atoms with E-state index in [4.69, 9.17) is 9.84 Å². The fraction of sp³-hybridized carbons (Fsp3) is 0.538. The molecule has 1 aromatic rings. The lowest BCUT2D eigenvalue weighted by molar-refractivity contribution is 0.0692. The second-order valence-electron chi connectivity index (χ2n) is 4.84. The van der Waals surface area contributed by atoms with Gasteiger partial charge in [0, 0.05) is 18.8 Å². The van der Waals surface area contributed by atoms with Gasteiger partial charge in [-0.2, -0.15) is 0 Å². The largest absolute Gasteiger partial charge is 0.477 e. The molecule has 0 aliphatic heterocycles. The minimum Gasteiger partial charge on any atom is -0.477 e. The molecule has 0 aliphatic rings. The van der Waals surface area contributed by atoms with Crippen LogP contribution >= 0.6 is 0 Å². The van der Waals surface area contributed by atoms with Crippen molar-refractivity contribution in [3.05, 3.63) is 17.5 Å². The average Bonchev–Trinajstić information content (AvgIpc) is 2.74. The Morgan fingerprint density at radius 3 is 2.71 bits per heavy atom. The molecule has 4 N–H and O–H groups in total. The highest BCUT2D eigenvalue weighted by Gasteiger charge is 2.14. The first-order chi connectivity index (χ1) is 9.90. The smallest absolute Gasteiger partial charge is 0.354 e. The summed E-state index contributed by atoms with van der Waals surface area (Å²) in [5, 5.41) is 14.1. The molecule has 0 spiro atoms. The van der Waals surface area contributed by atoms with Gasteiger partial charge in [0.1, 0.15) is 5.69 Å². The number of ether oxygens (including phenoxy) is 1. The van der Waals surface area contributed by atoms with Gasteiger partial charge in [0.2, 0.25) is 0 Å². The van der Waals surface area contributed by atoms with Crippen LogP contribution in [0, 0.1) is 6.92 Å². The van der Waals surface area contributed by atoms with E-state index in [0.29, 0.717) is 25.5 Å². The fourth-order valence-corrected chi connectivity index (χ4v) is 1.61. The van der Waals surface area contributed by atoms with E-state index >= 15 is 0 Å². The van der Waals surface area contributed by atoms with Gasteiger partial charge in [-0.25, -0.2) is 9.59 Å². The molecule has 0 fully saturated rings. The Morgan fingerprint density at radius 2 is 2.10 bits per heavy atom. The number of anilines is 1. The van der Waals surface area contributed by atoms with Crippen LogP contribution in [0.3, 0.4) is 0 Å². The lowest BCUT2D eigenvalue weighted by Gasteiger charge is -2.10. The number of aromatic amines is 1. The van der Waals surface area contributed by atoms with E-state index in [1.165, 1.54) is 0 Å². The Hall–Kier alpha value is -2.06. The van der Waals surface area contributed by atoms with Crippen LogP contribution < -0.4 is 10.6 Å². The van der Waals surface area contributed by atoms with Crippen molar-refractivity contribution in [3.8, 4) is 0 Å². The van der Waals surface area contributed by atoms with E-state index in [1.807, 2.05) is 19.0 Å². The van der Waals surface area contributed by atoms with E-state index in [2.05, 4.69) is 15.6 Å². The molecular weight excluding hydrogens is 276 g/mol. The number of nitrogens with one attached hydrogen (secondary N) is 3. The first-order valence-electron chi connectivity index (χ1n) is 6.60. The van der Waals surface area contributed by atoms with Crippen LogP contribution in [0.2, 0.25) is 0 Å². The normalized spacial score (nSPS) is 10.7. The van der Waals surface area contributed by atoms with Crippen LogP contribution in [0.25, 0.3) is 0 Å². The highest BCUT2D eigenvalue weighted by Crippen LogP contribution is 2.16. The standard InChI is InChI=1S/C13H22N4O4/c1-9-8-10(11(15-9)12(18)19)16-13(20)14-4-6-21-7-5-17(2)3/h8,15H,4-7H2,1-3H3,(H,18,19)(H2,14,16,20). The van der Waals surface area contributed by atoms with Crippen LogP contribution in [0.4, 0.5) is 10.5 Å². The van der Waals surface area contributed by atoms with Crippen molar-refractivity contribution in [2.24, 2.45) is 0 Å². The summed E-state index contributed by atoms with van der Waals surface area (Å²) in [6.45, 7) is 3.88. The number of H-pyrrole nitrogens is 1. The maximum absolute atomic E-state index is 11.6. The van der Waals surface area contributed by atoms with Gasteiger partial charge in [-0.05, 0) is 27.1 Å². The monoisotopic (exact) mass is 298 g/mol. The molecule has 0 atom stereocenters. The number of carbonyl (C=O) groups excluding carboxylic acids is 1. The van der Waals surface area contributed by atoms with Gasteiger partial charge < -0.3 is 30.4 Å². The number of aromatic carboxylic acids is 1. The lowest BCUT2D eigenvalue weighted by Crippen LogP contribution is -2.32. The number of hydrogen-bond acceptors (Lipinski definition) is 4. The van der Waals surface area contributed by atoms with Gasteiger partial charge >= 0.3 is 12.0 Å². The number of amides is 2. The summed E-state index contributed by atoms with van der Waals surface area (Å²) in [4.78, 5) is 27.3. The third-order valence-corrected chi connectivity index (χ3v) is 2.63. The molecule has 1 aromatic heterocycles. The Bertz CT molecular complexity index is 485. The van der Waals surface area contributed by atoms with Crippen molar-refractivity contribution in [3.63, 3.8) is 0 Å². The predicted molar refractivity (Wildman–Crippen MR) is 78.9 cm³/mol. The van der Waals surface area contributed by atoms with Gasteiger partial charge in [0.25, 0.3) is 0 Å². The first-order valence-corrected chi connectivity index (χ1v) is 6.60. The molecule has 21 heavy (non-hydrogen) atoms. The number of likely N-dealkylation sites (N-methyl/N-ethyl adjacent to an activating group) is 1. The molecule has 0 saturated carbocycles. The Balaban J connectivity index is 2.29. The van der Waals surface area contributed by atoms with Gasteiger partial charge in [-0.3, -0.25) is 0 Å². The number of carbonyl (C=O) groups is 2. The number of urea groups is 1. The number of rotatable bonds is 8. The van der Waals surface area contributed by atoms with Crippen LogP contribution in [0.5, 0.6) is 0 Å². The second kappa shape index (κ2) is 8.28. The topological polar surface area (TPSA) is 107 Å². The van der Waals surface area contributed by atoms with Crippen molar-refractivity contribution in [1.82, 2.24) is 15.2 Å². The number of aromatic nitrogens is 1. The molecular formula is C13H22N4O4. The highest BCUT2D eigenvalue weighted by atomic mass is 16.5. The van der Waals surface area contributed by atoms with Gasteiger partial charge in [-0.1, -0.05) is 0 Å². The van der Waals surface area contributed by atoms with Crippen LogP contribution in [0.1, 0.15) is 16.2 Å². The number of carboxylic acids is 1. The molecule has 0 saturated heterocycles. The quantitative estimate of drug-likeness (QED) is 0.529. The summed E-state index contributed by atoms with van der Waals surface area (Å²) in [6.07, 6.45) is 0. The lowest BCUT2D eigenvalue weighted by atomic mass is 10.3. The molecule has 0 radical (unpaired) electrons. The third-order valence-electron chi connectivity index (χ3n) is 2.63. The molecule has 1 rings (SSSR count). The zero-order chi connectivity index (χ0) is 15.8. The Morgan fingerprint density at radius 1 is 1.38 bits per heavy atom. The van der Waals surface area contributed by atoms with E-state index in [-0.39, 0.29) is 11.4 Å². The Labute approximate surface area is 123 Å². The van der Waals surface area contributed by atoms with E-state index in [0.717, 1.165) is 6.54 Å². The molecule has 0 aliphatic carbocycles. The SMILES string of the molecule is Cc1cc(NC(=O)NCCOCCN(C)C)c(C(=O)O)[nH]1. The molecule has 1 heterocycles. The molecule has 8 nitrogen and oxygen atoms in total. The molecule has 2 amide bonds. The summed E-state index contributed by atoms with van der Waals surface area (Å²) in [6, 6.07) is 1.10. The van der Waals surface area contributed by atoms with Crippen molar-refractivity contribution in [2.75, 3.05) is 45.7 Å². The van der Waals surface area contributed by atoms with Crippen molar-refractivity contribution in [1.29, 1.82) is 0 Å². The zero-order valence-corrected chi connectivity index (χ0v) is 12.5. The predicted octanol–water partition coefficient (Wildman–Crippen LogP) is 0.721. The van der Waals surface area contributed by atoms with E-state index < -0.39 is 12.0 Å². The maximum Gasteiger partial charge on any atom is 0.354 e. The average molecular weight is 298 g/mol. The fourth-order valence-electron chi connectivity index (χ4n) is 1.61. The van der Waals surface area contributed by atoms with Crippen molar-refractivity contribution in [2.45, 2.75) is 6.92 Å². The molecule has 0 aromatic carbocycles. The molecule has 118 valence electrons. The van der Waals surface area contributed by atoms with E-state index in [1.54, 1.807) is 13.0 Å².